The van der Waals surface area contributed by atoms with E-state index < -0.39 is 11.0 Å². The zero-order valence-corrected chi connectivity index (χ0v) is 10.7. The summed E-state index contributed by atoms with van der Waals surface area (Å²) in [5.74, 6) is 0. The van der Waals surface area contributed by atoms with E-state index >= 15 is 0 Å². The van der Waals surface area contributed by atoms with E-state index in [1.165, 1.54) is 12.1 Å². The van der Waals surface area contributed by atoms with Crippen LogP contribution in [0.2, 0.25) is 5.02 Å². The number of halogens is 2. The van der Waals surface area contributed by atoms with E-state index in [1.54, 1.807) is 12.1 Å². The molecule has 0 heterocycles. The molecule has 0 amide bonds. The molecule has 1 aromatic carbocycles. The Morgan fingerprint density at radius 1 is 1.59 bits per heavy atom. The molecular formula is C11H14Cl2N2O2. The van der Waals surface area contributed by atoms with E-state index in [1.807, 2.05) is 0 Å². The lowest BCUT2D eigenvalue weighted by molar-refractivity contribution is -0.385. The molecule has 1 aromatic rings. The summed E-state index contributed by atoms with van der Waals surface area (Å²) in [6.45, 7) is 3.59. The van der Waals surface area contributed by atoms with Crippen molar-refractivity contribution in [2.24, 2.45) is 5.73 Å². The monoisotopic (exact) mass is 276 g/mol. The lowest BCUT2D eigenvalue weighted by Crippen LogP contribution is -2.12. The fourth-order valence-corrected chi connectivity index (χ4v) is 1.62. The minimum Gasteiger partial charge on any atom is -0.324 e. The zero-order valence-electron chi connectivity index (χ0n) is 9.14. The van der Waals surface area contributed by atoms with Gasteiger partial charge < -0.3 is 5.73 Å². The molecule has 2 N–H and O–H groups in total. The molecule has 0 saturated heterocycles. The summed E-state index contributed by atoms with van der Waals surface area (Å²) in [6, 6.07) is 4.03. The third-order valence-corrected chi connectivity index (χ3v) is 2.50. The van der Waals surface area contributed by atoms with Crippen LogP contribution in [0.25, 0.3) is 0 Å². The van der Waals surface area contributed by atoms with E-state index in [0.717, 1.165) is 0 Å². The van der Waals surface area contributed by atoms with Gasteiger partial charge >= 0.3 is 0 Å². The number of nitrogens with zero attached hydrogens (tertiary/aromatic N) is 1. The third kappa shape index (κ3) is 4.34. The average molecular weight is 277 g/mol. The van der Waals surface area contributed by atoms with Crippen molar-refractivity contribution >= 4 is 29.7 Å². The molecule has 0 aliphatic rings. The molecule has 0 unspecified atom stereocenters. The molecule has 0 aliphatic heterocycles. The Labute approximate surface area is 111 Å². The van der Waals surface area contributed by atoms with Gasteiger partial charge in [-0.2, -0.15) is 0 Å². The van der Waals surface area contributed by atoms with Gasteiger partial charge in [-0.15, -0.1) is 19.0 Å². The number of nitro benzene ring substituents is 1. The van der Waals surface area contributed by atoms with Crippen LogP contribution < -0.4 is 5.73 Å². The van der Waals surface area contributed by atoms with Gasteiger partial charge in [-0.25, -0.2) is 0 Å². The predicted molar refractivity (Wildman–Crippen MR) is 71.7 cm³/mol. The fourth-order valence-electron chi connectivity index (χ4n) is 1.44. The number of nitro groups is 1. The third-order valence-electron chi connectivity index (χ3n) is 2.27. The first-order chi connectivity index (χ1) is 7.56. The number of nitrogens with two attached hydrogens (primary N) is 1. The first-order valence-electron chi connectivity index (χ1n) is 4.86. The SMILES string of the molecule is C=CCC[C@@H](N)c1cc(Cl)ccc1[N+](=O)[O-].Cl. The van der Waals surface area contributed by atoms with Gasteiger partial charge in [0.2, 0.25) is 0 Å². The summed E-state index contributed by atoms with van der Waals surface area (Å²) >= 11 is 5.80. The predicted octanol–water partition coefficient (Wildman–Crippen LogP) is 3.64. The zero-order chi connectivity index (χ0) is 12.1. The fraction of sp³-hybridized carbons (Fsp3) is 0.273. The Bertz CT molecular complexity index is 410. The van der Waals surface area contributed by atoms with Crippen LogP contribution in [0.1, 0.15) is 24.4 Å². The average Bonchev–Trinajstić information content (AvgIpc) is 2.25. The maximum atomic E-state index is 10.8. The van der Waals surface area contributed by atoms with Crippen molar-refractivity contribution in [3.8, 4) is 0 Å². The summed E-state index contributed by atoms with van der Waals surface area (Å²) in [4.78, 5) is 10.4. The second kappa shape index (κ2) is 7.27. The smallest absolute Gasteiger partial charge is 0.274 e. The molecule has 0 saturated carbocycles. The van der Waals surface area contributed by atoms with Crippen LogP contribution in [-0.2, 0) is 0 Å². The molecule has 0 aromatic heterocycles. The van der Waals surface area contributed by atoms with E-state index in [2.05, 4.69) is 6.58 Å². The van der Waals surface area contributed by atoms with Crippen molar-refractivity contribution in [1.29, 1.82) is 0 Å². The van der Waals surface area contributed by atoms with Gasteiger partial charge in [0.25, 0.3) is 5.69 Å². The maximum Gasteiger partial charge on any atom is 0.274 e. The highest BCUT2D eigenvalue weighted by molar-refractivity contribution is 6.30. The summed E-state index contributed by atoms with van der Waals surface area (Å²) in [7, 11) is 0. The highest BCUT2D eigenvalue weighted by Gasteiger charge is 2.18. The maximum absolute atomic E-state index is 10.8. The molecular weight excluding hydrogens is 263 g/mol. The number of hydrogen-bond acceptors (Lipinski definition) is 3. The standard InChI is InChI=1S/C11H13ClN2O2.ClH/c1-2-3-4-10(13)9-7-8(12)5-6-11(9)14(15)16;/h2,5-7,10H,1,3-4,13H2;1H/t10-;/m1./s1. The van der Waals surface area contributed by atoms with Crippen molar-refractivity contribution in [3.05, 3.63) is 51.6 Å². The molecule has 1 atom stereocenters. The molecule has 0 spiro atoms. The summed E-state index contributed by atoms with van der Waals surface area (Å²) < 4.78 is 0. The van der Waals surface area contributed by atoms with Crippen molar-refractivity contribution in [3.63, 3.8) is 0 Å². The van der Waals surface area contributed by atoms with Crippen LogP contribution in [0, 0.1) is 10.1 Å². The van der Waals surface area contributed by atoms with Gasteiger partial charge in [-0.3, -0.25) is 10.1 Å². The Kier molecular flexibility index (Phi) is 6.80. The van der Waals surface area contributed by atoms with Crippen LogP contribution in [0.3, 0.4) is 0 Å². The molecule has 17 heavy (non-hydrogen) atoms. The summed E-state index contributed by atoms with van der Waals surface area (Å²) in [6.07, 6.45) is 3.06. The number of allylic oxidation sites excluding steroid dienone is 1. The summed E-state index contributed by atoms with van der Waals surface area (Å²) in [5, 5.41) is 11.3. The van der Waals surface area contributed by atoms with Gasteiger partial charge in [0.05, 0.1) is 4.92 Å². The Morgan fingerprint density at radius 2 is 2.24 bits per heavy atom. The highest BCUT2D eigenvalue weighted by Crippen LogP contribution is 2.29. The lowest BCUT2D eigenvalue weighted by atomic mass is 10.0. The van der Waals surface area contributed by atoms with Gasteiger partial charge in [-0.1, -0.05) is 17.7 Å². The van der Waals surface area contributed by atoms with E-state index in [-0.39, 0.29) is 18.1 Å². The Hall–Kier alpha value is -1.10. The molecule has 0 aliphatic carbocycles. The molecule has 94 valence electrons. The first kappa shape index (κ1) is 15.9. The Morgan fingerprint density at radius 3 is 2.76 bits per heavy atom. The van der Waals surface area contributed by atoms with E-state index in [9.17, 15) is 10.1 Å². The number of benzene rings is 1. The molecule has 0 bridgehead atoms. The normalized spacial score (nSPS) is 11.4. The second-order valence-electron chi connectivity index (χ2n) is 3.43. The van der Waals surface area contributed by atoms with Crippen LogP contribution in [0.4, 0.5) is 5.69 Å². The molecule has 6 heteroatoms. The second-order valence-corrected chi connectivity index (χ2v) is 3.87. The van der Waals surface area contributed by atoms with Crippen molar-refractivity contribution < 1.29 is 4.92 Å². The van der Waals surface area contributed by atoms with Crippen LogP contribution in [-0.4, -0.2) is 4.92 Å². The molecule has 0 radical (unpaired) electrons. The highest BCUT2D eigenvalue weighted by atomic mass is 35.5. The quantitative estimate of drug-likeness (QED) is 0.507. The van der Waals surface area contributed by atoms with Crippen molar-refractivity contribution in [2.75, 3.05) is 0 Å². The minimum atomic E-state index is -0.445. The topological polar surface area (TPSA) is 69.2 Å². The van der Waals surface area contributed by atoms with Crippen LogP contribution >= 0.6 is 24.0 Å². The minimum absolute atomic E-state index is 0. The molecule has 4 nitrogen and oxygen atoms in total. The van der Waals surface area contributed by atoms with Crippen molar-refractivity contribution in [2.45, 2.75) is 18.9 Å². The van der Waals surface area contributed by atoms with Gasteiger partial charge in [-0.05, 0) is 25.0 Å². The van der Waals surface area contributed by atoms with Gasteiger partial charge in [0.1, 0.15) is 0 Å². The summed E-state index contributed by atoms with van der Waals surface area (Å²) in [5.41, 5.74) is 6.36. The van der Waals surface area contributed by atoms with Gasteiger partial charge in [0, 0.05) is 22.7 Å². The van der Waals surface area contributed by atoms with Gasteiger partial charge in [0.15, 0.2) is 0 Å². The number of hydrogen-bond donors (Lipinski definition) is 1. The molecule has 1 rings (SSSR count). The van der Waals surface area contributed by atoms with Crippen molar-refractivity contribution in [1.82, 2.24) is 0 Å². The molecule has 0 fully saturated rings. The first-order valence-corrected chi connectivity index (χ1v) is 5.24. The van der Waals surface area contributed by atoms with E-state index in [0.29, 0.717) is 23.4 Å². The lowest BCUT2D eigenvalue weighted by Gasteiger charge is -2.11. The Balaban J connectivity index is 0.00000256. The van der Waals surface area contributed by atoms with Crippen LogP contribution in [0.5, 0.6) is 0 Å². The number of rotatable bonds is 5. The van der Waals surface area contributed by atoms with Crippen LogP contribution in [0.15, 0.2) is 30.9 Å². The van der Waals surface area contributed by atoms with E-state index in [4.69, 9.17) is 17.3 Å². The largest absolute Gasteiger partial charge is 0.324 e.